The average molecular weight is 367 g/mol. The van der Waals surface area contributed by atoms with Crippen LogP contribution in [0.4, 0.5) is 0 Å². The van der Waals surface area contributed by atoms with Crippen molar-refractivity contribution in [2.45, 2.75) is 17.9 Å². The maximum absolute atomic E-state index is 12.4. The fourth-order valence-electron chi connectivity index (χ4n) is 2.18. The smallest absolute Gasteiger partial charge is 0.243 e. The standard InChI is InChI=1S/C17H19ClN2O3S/c1-13(14-8-10-15(18)11-9-14)19-17(21)12-20(2)24(22,23)16-6-4-3-5-7-16/h3-11,13H,12H2,1-2H3,(H,19,21). The van der Waals surface area contributed by atoms with E-state index in [1.54, 1.807) is 30.3 Å². The Balaban J connectivity index is 2.00. The Kier molecular flexibility index (Phi) is 5.99. The highest BCUT2D eigenvalue weighted by Gasteiger charge is 2.23. The highest BCUT2D eigenvalue weighted by Crippen LogP contribution is 2.16. The number of sulfonamides is 1. The predicted molar refractivity (Wildman–Crippen MR) is 94.3 cm³/mol. The lowest BCUT2D eigenvalue weighted by Crippen LogP contribution is -2.39. The Hall–Kier alpha value is -1.89. The molecule has 0 saturated carbocycles. The molecule has 7 heteroatoms. The van der Waals surface area contributed by atoms with E-state index in [2.05, 4.69) is 5.32 Å². The summed E-state index contributed by atoms with van der Waals surface area (Å²) in [6.07, 6.45) is 0. The second kappa shape index (κ2) is 7.79. The largest absolute Gasteiger partial charge is 0.348 e. The van der Waals surface area contributed by atoms with Crippen LogP contribution in [0.2, 0.25) is 5.02 Å². The van der Waals surface area contributed by atoms with E-state index in [9.17, 15) is 13.2 Å². The SMILES string of the molecule is CC(NC(=O)CN(C)S(=O)(=O)c1ccccc1)c1ccc(Cl)cc1. The zero-order valence-corrected chi connectivity index (χ0v) is 15.0. The number of carbonyl (C=O) groups is 1. The number of hydrogen-bond acceptors (Lipinski definition) is 3. The lowest BCUT2D eigenvalue weighted by atomic mass is 10.1. The molecule has 0 aliphatic heterocycles. The maximum atomic E-state index is 12.4. The summed E-state index contributed by atoms with van der Waals surface area (Å²) in [6, 6.07) is 14.9. The molecule has 5 nitrogen and oxygen atoms in total. The van der Waals surface area contributed by atoms with E-state index < -0.39 is 10.0 Å². The van der Waals surface area contributed by atoms with Gasteiger partial charge in [-0.15, -0.1) is 0 Å². The van der Waals surface area contributed by atoms with Crippen molar-refractivity contribution in [3.63, 3.8) is 0 Å². The Morgan fingerprint density at radius 3 is 2.29 bits per heavy atom. The van der Waals surface area contributed by atoms with E-state index in [0.29, 0.717) is 5.02 Å². The van der Waals surface area contributed by atoms with Gasteiger partial charge in [0.2, 0.25) is 15.9 Å². The molecule has 24 heavy (non-hydrogen) atoms. The molecule has 0 aliphatic rings. The van der Waals surface area contributed by atoms with E-state index >= 15 is 0 Å². The molecule has 1 amide bonds. The van der Waals surface area contributed by atoms with Gasteiger partial charge in [-0.3, -0.25) is 4.79 Å². The normalized spacial score (nSPS) is 12.8. The molecule has 0 aromatic heterocycles. The topological polar surface area (TPSA) is 66.5 Å². The Morgan fingerprint density at radius 1 is 1.12 bits per heavy atom. The number of rotatable bonds is 6. The first-order valence-electron chi connectivity index (χ1n) is 7.37. The van der Waals surface area contributed by atoms with Crippen LogP contribution < -0.4 is 5.32 Å². The van der Waals surface area contributed by atoms with Crippen molar-refractivity contribution >= 4 is 27.5 Å². The number of carbonyl (C=O) groups excluding carboxylic acids is 1. The number of hydrogen-bond donors (Lipinski definition) is 1. The molecule has 1 unspecified atom stereocenters. The molecule has 2 aromatic carbocycles. The van der Waals surface area contributed by atoms with Crippen LogP contribution >= 0.6 is 11.6 Å². The third-order valence-electron chi connectivity index (χ3n) is 3.57. The van der Waals surface area contributed by atoms with Crippen LogP contribution in [0.15, 0.2) is 59.5 Å². The van der Waals surface area contributed by atoms with Crippen LogP contribution in [0.5, 0.6) is 0 Å². The van der Waals surface area contributed by atoms with Crippen LogP contribution in [-0.2, 0) is 14.8 Å². The van der Waals surface area contributed by atoms with Crippen molar-refractivity contribution in [3.05, 3.63) is 65.2 Å². The first kappa shape index (κ1) is 18.4. The summed E-state index contributed by atoms with van der Waals surface area (Å²) in [4.78, 5) is 12.3. The zero-order chi connectivity index (χ0) is 17.7. The lowest BCUT2D eigenvalue weighted by Gasteiger charge is -2.19. The Bertz CT molecular complexity index is 792. The first-order valence-corrected chi connectivity index (χ1v) is 9.18. The van der Waals surface area contributed by atoms with Gasteiger partial charge in [0, 0.05) is 12.1 Å². The van der Waals surface area contributed by atoms with Gasteiger partial charge < -0.3 is 5.32 Å². The number of halogens is 1. The molecule has 0 aliphatic carbocycles. The Morgan fingerprint density at radius 2 is 1.71 bits per heavy atom. The molecular formula is C17H19ClN2O3S. The van der Waals surface area contributed by atoms with Crippen molar-refractivity contribution in [2.24, 2.45) is 0 Å². The second-order valence-corrected chi connectivity index (χ2v) is 7.90. The summed E-state index contributed by atoms with van der Waals surface area (Å²) in [5.74, 6) is -0.376. The van der Waals surface area contributed by atoms with Crippen molar-refractivity contribution in [1.82, 2.24) is 9.62 Å². The summed E-state index contributed by atoms with van der Waals surface area (Å²) in [5.41, 5.74) is 0.890. The van der Waals surface area contributed by atoms with Crippen molar-refractivity contribution in [3.8, 4) is 0 Å². The maximum Gasteiger partial charge on any atom is 0.243 e. The summed E-state index contributed by atoms with van der Waals surface area (Å²) in [6.45, 7) is 1.57. The van der Waals surface area contributed by atoms with Gasteiger partial charge in [-0.1, -0.05) is 41.9 Å². The molecule has 1 N–H and O–H groups in total. The molecular weight excluding hydrogens is 348 g/mol. The highest BCUT2D eigenvalue weighted by molar-refractivity contribution is 7.89. The molecule has 0 saturated heterocycles. The van der Waals surface area contributed by atoms with Crippen molar-refractivity contribution in [1.29, 1.82) is 0 Å². The van der Waals surface area contributed by atoms with Crippen molar-refractivity contribution in [2.75, 3.05) is 13.6 Å². The van der Waals surface area contributed by atoms with E-state index in [1.165, 1.54) is 19.2 Å². The third-order valence-corrected chi connectivity index (χ3v) is 5.63. The van der Waals surface area contributed by atoms with Crippen LogP contribution in [0.1, 0.15) is 18.5 Å². The van der Waals surface area contributed by atoms with Crippen LogP contribution in [-0.4, -0.2) is 32.2 Å². The molecule has 0 fully saturated rings. The second-order valence-electron chi connectivity index (χ2n) is 5.41. The number of nitrogens with zero attached hydrogens (tertiary/aromatic N) is 1. The van der Waals surface area contributed by atoms with Gasteiger partial charge in [0.15, 0.2) is 0 Å². The summed E-state index contributed by atoms with van der Waals surface area (Å²) < 4.78 is 25.8. The van der Waals surface area contributed by atoms with E-state index in [4.69, 9.17) is 11.6 Å². The highest BCUT2D eigenvalue weighted by atomic mass is 35.5. The summed E-state index contributed by atoms with van der Waals surface area (Å²) in [7, 11) is -2.30. The van der Waals surface area contributed by atoms with Crippen LogP contribution in [0.25, 0.3) is 0 Å². The van der Waals surface area contributed by atoms with Crippen LogP contribution in [0, 0.1) is 0 Å². The minimum Gasteiger partial charge on any atom is -0.348 e. The molecule has 128 valence electrons. The van der Waals surface area contributed by atoms with Gasteiger partial charge >= 0.3 is 0 Å². The molecule has 2 rings (SSSR count). The number of nitrogens with one attached hydrogen (secondary N) is 1. The molecule has 2 aromatic rings. The summed E-state index contributed by atoms with van der Waals surface area (Å²) >= 11 is 5.84. The first-order chi connectivity index (χ1) is 11.3. The van der Waals surface area contributed by atoms with E-state index in [0.717, 1.165) is 9.87 Å². The molecule has 0 radical (unpaired) electrons. The number of likely N-dealkylation sites (N-methyl/N-ethyl adjacent to an activating group) is 1. The quantitative estimate of drug-likeness (QED) is 0.854. The van der Waals surface area contributed by atoms with Gasteiger partial charge in [0.25, 0.3) is 0 Å². The molecule has 1 atom stereocenters. The molecule has 0 bridgehead atoms. The fourth-order valence-corrected chi connectivity index (χ4v) is 3.46. The average Bonchev–Trinajstić information content (AvgIpc) is 2.56. The lowest BCUT2D eigenvalue weighted by molar-refractivity contribution is -0.121. The van der Waals surface area contributed by atoms with Gasteiger partial charge in [-0.05, 0) is 36.8 Å². The van der Waals surface area contributed by atoms with E-state index in [1.807, 2.05) is 19.1 Å². The van der Waals surface area contributed by atoms with Gasteiger partial charge in [0.1, 0.15) is 0 Å². The zero-order valence-electron chi connectivity index (χ0n) is 13.4. The van der Waals surface area contributed by atoms with E-state index in [-0.39, 0.29) is 23.4 Å². The van der Waals surface area contributed by atoms with Crippen molar-refractivity contribution < 1.29 is 13.2 Å². The molecule has 0 heterocycles. The van der Waals surface area contributed by atoms with Gasteiger partial charge in [-0.25, -0.2) is 8.42 Å². The monoisotopic (exact) mass is 366 g/mol. The predicted octanol–water partition coefficient (Wildman–Crippen LogP) is 2.84. The number of amides is 1. The minimum atomic E-state index is -3.69. The van der Waals surface area contributed by atoms with Gasteiger partial charge in [-0.2, -0.15) is 4.31 Å². The van der Waals surface area contributed by atoms with Crippen LogP contribution in [0.3, 0.4) is 0 Å². The van der Waals surface area contributed by atoms with Gasteiger partial charge in [0.05, 0.1) is 17.5 Å². The summed E-state index contributed by atoms with van der Waals surface area (Å²) in [5, 5.41) is 3.40. The Labute approximate surface area is 147 Å². The minimum absolute atomic E-state index is 0.158. The fraction of sp³-hybridized carbons (Fsp3) is 0.235. The third kappa shape index (κ3) is 4.56. The molecule has 0 spiro atoms. The number of benzene rings is 2.